The summed E-state index contributed by atoms with van der Waals surface area (Å²) in [6.07, 6.45) is -0.298. The molecule has 0 saturated carbocycles. The van der Waals surface area contributed by atoms with Crippen LogP contribution in [0, 0.1) is 0 Å². The summed E-state index contributed by atoms with van der Waals surface area (Å²) in [5.74, 6) is -1.18. The van der Waals surface area contributed by atoms with Crippen molar-refractivity contribution < 1.29 is 29.0 Å². The van der Waals surface area contributed by atoms with Gasteiger partial charge in [-0.05, 0) is 38.2 Å². The molecule has 0 spiro atoms. The number of aliphatic carboxylic acids is 1. The quantitative estimate of drug-likeness (QED) is 0.476. The third kappa shape index (κ3) is 4.34. The second kappa shape index (κ2) is 9.46. The molecule has 1 fully saturated rings. The molecule has 8 nitrogen and oxygen atoms in total. The zero-order valence-electron chi connectivity index (χ0n) is 18.0. The first-order valence-corrected chi connectivity index (χ1v) is 12.4. The fourth-order valence-electron chi connectivity index (χ4n) is 4.48. The fraction of sp³-hybridized carbons (Fsp3) is 0.292. The van der Waals surface area contributed by atoms with Gasteiger partial charge >= 0.3 is 12.1 Å². The molecule has 3 aromatic rings. The number of benzene rings is 2. The van der Waals surface area contributed by atoms with Crippen molar-refractivity contribution in [2.75, 3.05) is 26.4 Å². The minimum absolute atomic E-state index is 0.0308. The van der Waals surface area contributed by atoms with Gasteiger partial charge in [0.1, 0.15) is 28.4 Å². The number of carboxylic acid groups (broad SMARTS) is 1. The Morgan fingerprint density at radius 1 is 1.18 bits per heavy atom. The summed E-state index contributed by atoms with van der Waals surface area (Å²) in [5, 5.41) is 12.6. The monoisotopic (exact) mass is 544 g/mol. The Balaban J connectivity index is 1.33. The molecule has 2 heterocycles. The molecule has 1 N–H and O–H groups in total. The van der Waals surface area contributed by atoms with Gasteiger partial charge in [0.2, 0.25) is 0 Å². The number of thiazole rings is 1. The van der Waals surface area contributed by atoms with E-state index in [1.165, 1.54) is 11.3 Å². The summed E-state index contributed by atoms with van der Waals surface area (Å²) in [7, 11) is 0. The van der Waals surface area contributed by atoms with Gasteiger partial charge in [-0.25, -0.2) is 14.6 Å². The van der Waals surface area contributed by atoms with Gasteiger partial charge in [0.05, 0.1) is 13.2 Å². The van der Waals surface area contributed by atoms with Gasteiger partial charge < -0.3 is 14.6 Å². The number of fused-ring (bicyclic) bond motifs is 3. The Bertz CT molecular complexity index is 1190. The lowest BCUT2D eigenvalue weighted by molar-refractivity contribution is -0.230. The number of halogens is 1. The van der Waals surface area contributed by atoms with Crippen molar-refractivity contribution in [1.29, 1.82) is 0 Å². The largest absolute Gasteiger partial charge is 0.480 e. The van der Waals surface area contributed by atoms with Gasteiger partial charge in [0.25, 0.3) is 0 Å². The Morgan fingerprint density at radius 3 is 2.47 bits per heavy atom. The summed E-state index contributed by atoms with van der Waals surface area (Å²) >= 11 is 4.66. The van der Waals surface area contributed by atoms with Crippen LogP contribution in [0.25, 0.3) is 11.1 Å². The first kappa shape index (κ1) is 23.0. The van der Waals surface area contributed by atoms with Crippen molar-refractivity contribution in [3.63, 3.8) is 0 Å². The molecule has 0 bridgehead atoms. The molecule has 1 aromatic heterocycles. The average Bonchev–Trinajstić information content (AvgIpc) is 3.43. The number of carbonyl (C=O) groups excluding carboxylic acids is 1. The van der Waals surface area contributed by atoms with Crippen LogP contribution in [0.4, 0.5) is 4.79 Å². The lowest BCUT2D eigenvalue weighted by atomic mass is 9.98. The van der Waals surface area contributed by atoms with E-state index in [9.17, 15) is 9.59 Å². The van der Waals surface area contributed by atoms with Gasteiger partial charge in [0.15, 0.2) is 0 Å². The first-order valence-electron chi connectivity index (χ1n) is 10.7. The highest BCUT2D eigenvalue weighted by Crippen LogP contribution is 2.44. The molecule has 2 aliphatic rings. The van der Waals surface area contributed by atoms with E-state index in [0.717, 1.165) is 27.3 Å². The third-order valence-corrected chi connectivity index (χ3v) is 7.77. The molecule has 1 unspecified atom stereocenters. The van der Waals surface area contributed by atoms with E-state index < -0.39 is 24.3 Å². The summed E-state index contributed by atoms with van der Waals surface area (Å²) in [6, 6.07) is 16.2. The van der Waals surface area contributed by atoms with Crippen LogP contribution in [-0.2, 0) is 24.7 Å². The molecule has 1 aliphatic heterocycles. The SMILES string of the molecule is O=C(O)COC1(c2nc(Br)cs2)CCON(C(=O)OCC2c3ccccc3-c3ccccc32)C1. The molecule has 1 amide bonds. The fourth-order valence-corrected chi connectivity index (χ4v) is 5.91. The number of carboxylic acids is 1. The van der Waals surface area contributed by atoms with Crippen LogP contribution in [0.1, 0.15) is 28.5 Å². The second-order valence-electron chi connectivity index (χ2n) is 8.08. The summed E-state index contributed by atoms with van der Waals surface area (Å²) in [4.78, 5) is 34.2. The number of ether oxygens (including phenoxy) is 2. The van der Waals surface area contributed by atoms with Crippen LogP contribution in [-0.4, -0.2) is 53.6 Å². The smallest absolute Gasteiger partial charge is 0.434 e. The third-order valence-electron chi connectivity index (χ3n) is 6.03. The van der Waals surface area contributed by atoms with E-state index in [2.05, 4.69) is 45.2 Å². The van der Waals surface area contributed by atoms with E-state index in [1.807, 2.05) is 24.3 Å². The number of rotatable bonds is 6. The number of aromatic nitrogens is 1. The highest BCUT2D eigenvalue weighted by Gasteiger charge is 2.44. The van der Waals surface area contributed by atoms with Gasteiger partial charge in [-0.3, -0.25) is 4.84 Å². The molecule has 2 aromatic carbocycles. The predicted octanol–water partition coefficient (Wildman–Crippen LogP) is 4.79. The summed E-state index contributed by atoms with van der Waals surface area (Å²) in [5.41, 5.74) is 3.41. The topological polar surface area (TPSA) is 98.2 Å². The second-order valence-corrected chi connectivity index (χ2v) is 9.75. The number of amides is 1. The highest BCUT2D eigenvalue weighted by molar-refractivity contribution is 9.10. The standard InChI is InChI=1S/C24H21BrN2O6S/c25-20-13-34-22(26-20)24(32-12-21(28)29)9-10-33-27(14-24)23(30)31-11-19-17-7-3-1-5-15(17)16-6-2-4-8-18(16)19/h1-8,13,19H,9-12,14H2,(H,28,29). The van der Waals surface area contributed by atoms with Crippen molar-refractivity contribution in [2.45, 2.75) is 17.9 Å². The molecule has 10 heteroatoms. The molecule has 1 aliphatic carbocycles. The first-order chi connectivity index (χ1) is 16.5. The Morgan fingerprint density at radius 2 is 1.85 bits per heavy atom. The maximum absolute atomic E-state index is 13.0. The van der Waals surface area contributed by atoms with Crippen LogP contribution in [0.15, 0.2) is 58.5 Å². The summed E-state index contributed by atoms with van der Waals surface area (Å²) < 4.78 is 12.1. The lowest BCUT2D eigenvalue weighted by Gasteiger charge is -2.39. The van der Waals surface area contributed by atoms with Crippen LogP contribution < -0.4 is 0 Å². The predicted molar refractivity (Wildman–Crippen MR) is 127 cm³/mol. The minimum atomic E-state index is -1.10. The van der Waals surface area contributed by atoms with Gasteiger partial charge in [-0.2, -0.15) is 5.06 Å². The lowest BCUT2D eigenvalue weighted by Crippen LogP contribution is -2.51. The maximum atomic E-state index is 13.0. The molecular formula is C24H21BrN2O6S. The van der Waals surface area contributed by atoms with E-state index in [-0.39, 0.29) is 25.7 Å². The van der Waals surface area contributed by atoms with Crippen LogP contribution >= 0.6 is 27.3 Å². The average molecular weight is 545 g/mol. The molecule has 1 saturated heterocycles. The number of hydroxylamine groups is 2. The molecule has 0 radical (unpaired) electrons. The number of carbonyl (C=O) groups is 2. The van der Waals surface area contributed by atoms with E-state index in [1.54, 1.807) is 5.38 Å². The van der Waals surface area contributed by atoms with Crippen LogP contribution in [0.5, 0.6) is 0 Å². The Kier molecular flexibility index (Phi) is 6.39. The molecule has 1 atom stereocenters. The Hall–Kier alpha value is -2.79. The molecule has 176 valence electrons. The molecular weight excluding hydrogens is 524 g/mol. The van der Waals surface area contributed by atoms with E-state index in [4.69, 9.17) is 19.4 Å². The number of nitrogens with zero attached hydrogens (tertiary/aromatic N) is 2. The van der Waals surface area contributed by atoms with Crippen molar-refractivity contribution in [3.8, 4) is 11.1 Å². The van der Waals surface area contributed by atoms with E-state index >= 15 is 0 Å². The van der Waals surface area contributed by atoms with Crippen molar-refractivity contribution in [1.82, 2.24) is 10.0 Å². The van der Waals surface area contributed by atoms with Crippen molar-refractivity contribution >= 4 is 39.3 Å². The molecule has 34 heavy (non-hydrogen) atoms. The minimum Gasteiger partial charge on any atom is -0.480 e. The van der Waals surface area contributed by atoms with Crippen LogP contribution in [0.3, 0.4) is 0 Å². The van der Waals surface area contributed by atoms with Crippen LogP contribution in [0.2, 0.25) is 0 Å². The molecule has 5 rings (SSSR count). The summed E-state index contributed by atoms with van der Waals surface area (Å²) in [6.45, 7) is -0.244. The normalized spacial score (nSPS) is 19.5. The highest BCUT2D eigenvalue weighted by atomic mass is 79.9. The van der Waals surface area contributed by atoms with Gasteiger partial charge in [-0.1, -0.05) is 48.5 Å². The van der Waals surface area contributed by atoms with Gasteiger partial charge in [-0.15, -0.1) is 11.3 Å². The van der Waals surface area contributed by atoms with E-state index in [0.29, 0.717) is 16.0 Å². The van der Waals surface area contributed by atoms with Gasteiger partial charge in [0, 0.05) is 17.7 Å². The number of hydrogen-bond donors (Lipinski definition) is 1. The Labute approximate surface area is 208 Å². The maximum Gasteiger partial charge on any atom is 0.434 e. The zero-order chi connectivity index (χ0) is 23.7. The van der Waals surface area contributed by atoms with Crippen molar-refractivity contribution in [3.05, 3.63) is 74.6 Å². The zero-order valence-corrected chi connectivity index (χ0v) is 20.4. The van der Waals surface area contributed by atoms with Crippen molar-refractivity contribution in [2.24, 2.45) is 0 Å². The number of hydrogen-bond acceptors (Lipinski definition) is 7.